The molecule has 0 aliphatic heterocycles. The van der Waals surface area contributed by atoms with Crippen LogP contribution in [0.1, 0.15) is 27.8 Å². The summed E-state index contributed by atoms with van der Waals surface area (Å²) in [6, 6.07) is 24.1. The van der Waals surface area contributed by atoms with Crippen molar-refractivity contribution >= 4 is 16.3 Å². The summed E-state index contributed by atoms with van der Waals surface area (Å²) in [6.07, 6.45) is 0. The van der Waals surface area contributed by atoms with Gasteiger partial charge in [0, 0.05) is 0 Å². The van der Waals surface area contributed by atoms with Crippen molar-refractivity contribution in [2.75, 3.05) is 0 Å². The molecular formula is C20H15Cl2Ti. The van der Waals surface area contributed by atoms with Crippen molar-refractivity contribution in [1.29, 1.82) is 0 Å². The van der Waals surface area contributed by atoms with Crippen molar-refractivity contribution < 1.29 is 45.2 Å². The second-order valence-electron chi connectivity index (χ2n) is 5.60. The summed E-state index contributed by atoms with van der Waals surface area (Å²) in [7, 11) is 0. The van der Waals surface area contributed by atoms with E-state index in [4.69, 9.17) is 0 Å². The molecule has 4 rings (SSSR count). The topological polar surface area (TPSA) is 0 Å². The number of benzene rings is 3. The van der Waals surface area contributed by atoms with Gasteiger partial charge in [-0.2, -0.15) is 0 Å². The Kier molecular flexibility index (Phi) is 5.76. The largest absolute Gasteiger partial charge is 1.00 e. The Balaban J connectivity index is 0.000000960. The van der Waals surface area contributed by atoms with Gasteiger partial charge in [0.05, 0.1) is 0 Å². The van der Waals surface area contributed by atoms with Crippen LogP contribution in [0.3, 0.4) is 0 Å². The summed E-state index contributed by atoms with van der Waals surface area (Å²) < 4.78 is 0.509. The van der Waals surface area contributed by atoms with Crippen LogP contribution in [0, 0.1) is 0 Å². The maximum absolute atomic E-state index is 2.31. The van der Waals surface area contributed by atoms with Gasteiger partial charge < -0.3 is 24.8 Å². The first kappa shape index (κ1) is 18.3. The zero-order chi connectivity index (χ0) is 14.4. The minimum atomic E-state index is 0. The van der Waals surface area contributed by atoms with Gasteiger partial charge in [-0.3, -0.25) is 0 Å². The van der Waals surface area contributed by atoms with Gasteiger partial charge in [-0.25, -0.2) is 0 Å². The van der Waals surface area contributed by atoms with Crippen LogP contribution in [-0.2, 0) is 20.4 Å². The van der Waals surface area contributed by atoms with Crippen molar-refractivity contribution in [1.82, 2.24) is 0 Å². The van der Waals surface area contributed by atoms with Gasteiger partial charge >= 0.3 is 137 Å². The summed E-state index contributed by atoms with van der Waals surface area (Å²) in [5.74, 6) is 0. The molecule has 1 unspecified atom stereocenters. The molecule has 23 heavy (non-hydrogen) atoms. The maximum Gasteiger partial charge on any atom is -1.00 e. The minimum Gasteiger partial charge on any atom is -1.00 e. The van der Waals surface area contributed by atoms with Crippen molar-refractivity contribution in [3.05, 3.63) is 89.0 Å². The van der Waals surface area contributed by atoms with E-state index >= 15 is 0 Å². The van der Waals surface area contributed by atoms with Gasteiger partial charge in [0.25, 0.3) is 0 Å². The fourth-order valence-corrected chi connectivity index (χ4v) is 3.99. The van der Waals surface area contributed by atoms with Gasteiger partial charge in [0.15, 0.2) is 0 Å². The summed E-state index contributed by atoms with van der Waals surface area (Å²) in [6.45, 7) is 2.28. The van der Waals surface area contributed by atoms with E-state index in [1.54, 1.807) is 0 Å². The van der Waals surface area contributed by atoms with E-state index in [9.17, 15) is 0 Å². The molecule has 3 aromatic rings. The summed E-state index contributed by atoms with van der Waals surface area (Å²) in [4.78, 5) is 0. The van der Waals surface area contributed by atoms with Crippen molar-refractivity contribution in [3.8, 4) is 0 Å². The average Bonchev–Trinajstić information content (AvgIpc) is 2.79. The Morgan fingerprint density at radius 1 is 0.739 bits per heavy atom. The fraction of sp³-hybridized carbons (Fsp3) is 0.100. The van der Waals surface area contributed by atoms with Crippen molar-refractivity contribution in [2.24, 2.45) is 0 Å². The molecule has 0 saturated heterocycles. The van der Waals surface area contributed by atoms with E-state index in [1.807, 2.05) is 0 Å². The van der Waals surface area contributed by atoms with Gasteiger partial charge in [0.1, 0.15) is 0 Å². The Hall–Kier alpha value is -1.05. The fourth-order valence-electron chi connectivity index (χ4n) is 3.37. The van der Waals surface area contributed by atoms with Crippen LogP contribution in [-0.4, -0.2) is 0 Å². The van der Waals surface area contributed by atoms with Gasteiger partial charge in [0.2, 0.25) is 0 Å². The minimum absolute atomic E-state index is 0. The third-order valence-corrected chi connectivity index (χ3v) is 5.59. The molecule has 1 aliphatic rings. The summed E-state index contributed by atoms with van der Waals surface area (Å²) >= 11 is 2.31. The van der Waals surface area contributed by atoms with E-state index in [-0.39, 0.29) is 24.8 Å². The third kappa shape index (κ3) is 2.90. The van der Waals surface area contributed by atoms with Crippen LogP contribution in [0.15, 0.2) is 72.3 Å². The van der Waals surface area contributed by atoms with Crippen LogP contribution >= 0.6 is 0 Å². The van der Waals surface area contributed by atoms with E-state index in [0.717, 1.165) is 0 Å². The summed E-state index contributed by atoms with van der Waals surface area (Å²) in [5.41, 5.74) is 7.13. The zero-order valence-electron chi connectivity index (χ0n) is 12.7. The molecule has 0 heterocycles. The molecule has 1 aliphatic carbocycles. The van der Waals surface area contributed by atoms with E-state index < -0.39 is 0 Å². The molecule has 113 valence electrons. The zero-order valence-corrected chi connectivity index (χ0v) is 15.8. The first-order valence-corrected chi connectivity index (χ1v) is 8.17. The Morgan fingerprint density at radius 2 is 1.35 bits per heavy atom. The first-order valence-electron chi connectivity index (χ1n) is 7.26. The van der Waals surface area contributed by atoms with Gasteiger partial charge in [-0.05, 0) is 0 Å². The molecule has 3 heteroatoms. The molecule has 3 aromatic carbocycles. The number of hydrogen-bond donors (Lipinski definition) is 0. The molecule has 1 atom stereocenters. The standard InChI is InChI=1S/C20H15.2ClH.Ti/c1-14-13-16-8-3-5-11-18(16)20(14)19-12-6-9-15-7-2-4-10-17(15)19;;;/h2-13H,1H3;2*1H;/q;;;+2/p-2. The molecule has 0 aromatic heterocycles. The predicted molar refractivity (Wildman–Crippen MR) is 84.8 cm³/mol. The number of allylic oxidation sites excluding steroid dienone is 1. The molecule has 0 spiro atoms. The van der Waals surface area contributed by atoms with Crippen LogP contribution < -0.4 is 24.8 Å². The van der Waals surface area contributed by atoms with Crippen LogP contribution in [0.2, 0.25) is 0 Å². The smallest absolute Gasteiger partial charge is 1.00 e. The van der Waals surface area contributed by atoms with Crippen LogP contribution in [0.25, 0.3) is 16.3 Å². The molecule has 0 N–H and O–H groups in total. The number of hydrogen-bond acceptors (Lipinski definition) is 0. The SMILES string of the molecule is CC1=C(c2cccc3ccccc23)c2ccccc2[CH]1[Ti+2].[Cl-].[Cl-]. The number of halogens is 2. The first-order chi connectivity index (χ1) is 10.3. The average molecular weight is 374 g/mol. The van der Waals surface area contributed by atoms with Crippen molar-refractivity contribution in [2.45, 2.75) is 11.1 Å². The maximum atomic E-state index is 2.31. The van der Waals surface area contributed by atoms with Gasteiger partial charge in [-0.15, -0.1) is 0 Å². The Morgan fingerprint density at radius 3 is 2.17 bits per heavy atom. The molecule has 0 saturated carbocycles. The molecule has 0 bridgehead atoms. The molecular weight excluding hydrogens is 359 g/mol. The van der Waals surface area contributed by atoms with E-state index in [0.29, 0.717) is 4.22 Å². The van der Waals surface area contributed by atoms with E-state index in [1.165, 1.54) is 38.6 Å². The Labute approximate surface area is 161 Å². The van der Waals surface area contributed by atoms with Crippen molar-refractivity contribution in [3.63, 3.8) is 0 Å². The van der Waals surface area contributed by atoms with Gasteiger partial charge in [-0.1, -0.05) is 0 Å². The molecule has 0 fully saturated rings. The molecule has 0 amide bonds. The molecule has 0 radical (unpaired) electrons. The quantitative estimate of drug-likeness (QED) is 0.493. The second kappa shape index (κ2) is 7.24. The third-order valence-electron chi connectivity index (χ3n) is 4.43. The number of rotatable bonds is 1. The summed E-state index contributed by atoms with van der Waals surface area (Å²) in [5, 5.41) is 2.66. The normalized spacial score (nSPS) is 15.9. The second-order valence-corrected chi connectivity index (χ2v) is 6.51. The Bertz CT molecular complexity index is 878. The number of fused-ring (bicyclic) bond motifs is 2. The predicted octanol–water partition coefficient (Wildman–Crippen LogP) is -0.729. The monoisotopic (exact) mass is 373 g/mol. The van der Waals surface area contributed by atoms with Crippen LogP contribution in [0.5, 0.6) is 0 Å². The van der Waals surface area contributed by atoms with E-state index in [2.05, 4.69) is 94.1 Å². The molecule has 0 nitrogen and oxygen atoms in total. The van der Waals surface area contributed by atoms with Crippen LogP contribution in [0.4, 0.5) is 0 Å².